The summed E-state index contributed by atoms with van der Waals surface area (Å²) < 4.78 is 32.1. The molecular weight excluding hydrogens is 268 g/mol. The van der Waals surface area contributed by atoms with E-state index in [1.165, 1.54) is 23.3 Å². The molecule has 2 rings (SSSR count). The van der Waals surface area contributed by atoms with Gasteiger partial charge in [0.15, 0.2) is 5.82 Å². The first-order chi connectivity index (χ1) is 9.58. The average Bonchev–Trinajstić information content (AvgIpc) is 2.84. The van der Waals surface area contributed by atoms with Crippen molar-refractivity contribution in [2.45, 2.75) is 6.92 Å². The van der Waals surface area contributed by atoms with Crippen molar-refractivity contribution >= 4 is 12.2 Å². The van der Waals surface area contributed by atoms with E-state index in [2.05, 4.69) is 10.1 Å². The molecule has 0 saturated carbocycles. The lowest BCUT2D eigenvalue weighted by Crippen LogP contribution is -2.00. The second kappa shape index (κ2) is 6.05. The third-order valence-corrected chi connectivity index (χ3v) is 2.28. The predicted octanol–water partition coefficient (Wildman–Crippen LogP) is 2.26. The lowest BCUT2D eigenvalue weighted by molar-refractivity contribution is -0.137. The van der Waals surface area contributed by atoms with Gasteiger partial charge in [0.25, 0.3) is 0 Å². The van der Waals surface area contributed by atoms with E-state index in [-0.39, 0.29) is 18.0 Å². The Labute approximate surface area is 113 Å². The smallest absolute Gasteiger partial charge is 0.332 e. The number of aromatic nitrogens is 3. The molecule has 2 aromatic rings. The van der Waals surface area contributed by atoms with Gasteiger partial charge in [-0.2, -0.15) is 0 Å². The fourth-order valence-electron chi connectivity index (χ4n) is 1.49. The van der Waals surface area contributed by atoms with Crippen LogP contribution in [0.2, 0.25) is 0 Å². The molecule has 0 unspecified atom stereocenters. The number of hydrogen-bond acceptors (Lipinski definition) is 4. The normalized spacial score (nSPS) is 10.9. The quantitative estimate of drug-likeness (QED) is 0.636. The Hall–Kier alpha value is -2.57. The minimum absolute atomic E-state index is 0.150. The largest absolute Gasteiger partial charge is 0.463 e. The van der Waals surface area contributed by atoms with E-state index in [4.69, 9.17) is 4.74 Å². The molecule has 5 nitrogen and oxygen atoms in total. The number of halogens is 2. The molecule has 104 valence electrons. The third-order valence-electron chi connectivity index (χ3n) is 2.28. The molecule has 0 saturated heterocycles. The molecule has 0 aliphatic rings. The van der Waals surface area contributed by atoms with Gasteiger partial charge in [0.05, 0.1) is 6.61 Å². The van der Waals surface area contributed by atoms with Crippen LogP contribution in [0.15, 0.2) is 30.6 Å². The SMILES string of the molecule is CCOC(=O)/C=C\n1cnc(-c2cc(F)cc(F)c2)n1. The van der Waals surface area contributed by atoms with Crippen LogP contribution in [0.4, 0.5) is 8.78 Å². The van der Waals surface area contributed by atoms with Gasteiger partial charge in [-0.05, 0) is 19.1 Å². The van der Waals surface area contributed by atoms with Crippen LogP contribution in [0.3, 0.4) is 0 Å². The summed E-state index contributed by atoms with van der Waals surface area (Å²) >= 11 is 0. The van der Waals surface area contributed by atoms with Crippen LogP contribution >= 0.6 is 0 Å². The maximum absolute atomic E-state index is 13.1. The maximum atomic E-state index is 13.1. The number of esters is 1. The standard InChI is InChI=1S/C13H11F2N3O2/c1-2-20-12(19)3-4-18-8-16-13(17-18)9-5-10(14)7-11(15)6-9/h3-8H,2H2,1H3/b4-3-. The summed E-state index contributed by atoms with van der Waals surface area (Å²) in [7, 11) is 0. The van der Waals surface area contributed by atoms with Crippen LogP contribution in [0, 0.1) is 11.6 Å². The number of benzene rings is 1. The van der Waals surface area contributed by atoms with Gasteiger partial charge in [-0.25, -0.2) is 23.2 Å². The highest BCUT2D eigenvalue weighted by molar-refractivity contribution is 5.84. The summed E-state index contributed by atoms with van der Waals surface area (Å²) in [5, 5.41) is 3.97. The number of rotatable bonds is 4. The zero-order valence-corrected chi connectivity index (χ0v) is 10.6. The molecule has 7 heteroatoms. The summed E-state index contributed by atoms with van der Waals surface area (Å²) in [6.07, 6.45) is 3.83. The van der Waals surface area contributed by atoms with Gasteiger partial charge in [0.1, 0.15) is 18.0 Å². The molecule has 0 aliphatic carbocycles. The minimum Gasteiger partial charge on any atom is -0.463 e. The van der Waals surface area contributed by atoms with Crippen molar-refractivity contribution in [3.63, 3.8) is 0 Å². The highest BCUT2D eigenvalue weighted by atomic mass is 19.1. The lowest BCUT2D eigenvalue weighted by Gasteiger charge is -1.96. The van der Waals surface area contributed by atoms with Gasteiger partial charge in [-0.1, -0.05) is 0 Å². The van der Waals surface area contributed by atoms with Crippen LogP contribution in [0.5, 0.6) is 0 Å². The molecule has 0 bridgehead atoms. The minimum atomic E-state index is -0.710. The summed E-state index contributed by atoms with van der Waals surface area (Å²) in [4.78, 5) is 15.0. The molecule has 1 aromatic heterocycles. The summed E-state index contributed by atoms with van der Waals surface area (Å²) in [5.41, 5.74) is 0.214. The van der Waals surface area contributed by atoms with Crippen molar-refractivity contribution in [2.75, 3.05) is 6.61 Å². The topological polar surface area (TPSA) is 57.0 Å². The monoisotopic (exact) mass is 279 g/mol. The van der Waals surface area contributed by atoms with Gasteiger partial charge in [-0.15, -0.1) is 5.10 Å². The van der Waals surface area contributed by atoms with Crippen LogP contribution < -0.4 is 0 Å². The Kier molecular flexibility index (Phi) is 4.19. The van der Waals surface area contributed by atoms with Crippen molar-refractivity contribution in [3.8, 4) is 11.4 Å². The molecule has 0 fully saturated rings. The van der Waals surface area contributed by atoms with E-state index in [0.29, 0.717) is 0 Å². The molecule has 0 N–H and O–H groups in total. The van der Waals surface area contributed by atoms with Crippen molar-refractivity contribution < 1.29 is 18.3 Å². The molecule has 0 amide bonds. The molecule has 0 spiro atoms. The second-order valence-corrected chi connectivity index (χ2v) is 3.77. The number of hydrogen-bond donors (Lipinski definition) is 0. The molecule has 0 aliphatic heterocycles. The number of carbonyl (C=O) groups excluding carboxylic acids is 1. The molecule has 0 atom stereocenters. The average molecular weight is 279 g/mol. The first kappa shape index (κ1) is 13.9. The first-order valence-electron chi connectivity index (χ1n) is 5.81. The van der Waals surface area contributed by atoms with E-state index in [1.54, 1.807) is 6.92 Å². The number of carbonyl (C=O) groups is 1. The van der Waals surface area contributed by atoms with Crippen LogP contribution in [0.1, 0.15) is 6.92 Å². The summed E-state index contributed by atoms with van der Waals surface area (Å²) in [6.45, 7) is 1.96. The van der Waals surface area contributed by atoms with Gasteiger partial charge < -0.3 is 4.74 Å². The van der Waals surface area contributed by atoms with E-state index < -0.39 is 17.6 Å². The fraction of sp³-hybridized carbons (Fsp3) is 0.154. The Balaban J connectivity index is 2.18. The van der Waals surface area contributed by atoms with Gasteiger partial charge in [0.2, 0.25) is 0 Å². The van der Waals surface area contributed by atoms with Crippen molar-refractivity contribution in [2.24, 2.45) is 0 Å². The molecule has 1 heterocycles. The number of ether oxygens (including phenoxy) is 1. The Morgan fingerprint density at radius 3 is 2.70 bits per heavy atom. The Morgan fingerprint density at radius 1 is 1.35 bits per heavy atom. The van der Waals surface area contributed by atoms with Crippen molar-refractivity contribution in [3.05, 3.63) is 42.2 Å². The van der Waals surface area contributed by atoms with Crippen LogP contribution in [-0.2, 0) is 9.53 Å². The number of nitrogens with zero attached hydrogens (tertiary/aromatic N) is 3. The second-order valence-electron chi connectivity index (χ2n) is 3.77. The summed E-state index contributed by atoms with van der Waals surface area (Å²) in [6, 6.07) is 3.01. The summed E-state index contributed by atoms with van der Waals surface area (Å²) in [5.74, 6) is -1.78. The zero-order valence-electron chi connectivity index (χ0n) is 10.6. The predicted molar refractivity (Wildman–Crippen MR) is 67.3 cm³/mol. The van der Waals surface area contributed by atoms with Crippen LogP contribution in [-0.4, -0.2) is 27.3 Å². The first-order valence-corrected chi connectivity index (χ1v) is 5.81. The lowest BCUT2D eigenvalue weighted by atomic mass is 10.2. The molecule has 20 heavy (non-hydrogen) atoms. The fourth-order valence-corrected chi connectivity index (χ4v) is 1.49. The van der Waals surface area contributed by atoms with Crippen molar-refractivity contribution in [1.82, 2.24) is 14.8 Å². The maximum Gasteiger partial charge on any atom is 0.332 e. The molecule has 1 aromatic carbocycles. The van der Waals surface area contributed by atoms with Crippen molar-refractivity contribution in [1.29, 1.82) is 0 Å². The van der Waals surface area contributed by atoms with E-state index in [9.17, 15) is 13.6 Å². The van der Waals surface area contributed by atoms with E-state index in [0.717, 1.165) is 18.2 Å². The van der Waals surface area contributed by atoms with E-state index >= 15 is 0 Å². The zero-order chi connectivity index (χ0) is 14.5. The van der Waals surface area contributed by atoms with E-state index in [1.807, 2.05) is 0 Å². The Bertz CT molecular complexity index is 633. The van der Waals surface area contributed by atoms with Gasteiger partial charge in [-0.3, -0.25) is 0 Å². The molecular formula is C13H11F2N3O2. The third kappa shape index (κ3) is 3.47. The highest BCUT2D eigenvalue weighted by Crippen LogP contribution is 2.17. The van der Waals surface area contributed by atoms with Crippen LogP contribution in [0.25, 0.3) is 17.6 Å². The highest BCUT2D eigenvalue weighted by Gasteiger charge is 2.07. The molecule has 0 radical (unpaired) electrons. The van der Waals surface area contributed by atoms with Gasteiger partial charge >= 0.3 is 5.97 Å². The Morgan fingerprint density at radius 2 is 2.05 bits per heavy atom. The van der Waals surface area contributed by atoms with Gasteiger partial charge in [0, 0.05) is 23.9 Å².